The lowest BCUT2D eigenvalue weighted by Crippen LogP contribution is -2.25. The van der Waals surface area contributed by atoms with Gasteiger partial charge in [-0.05, 0) is 17.5 Å². The molecule has 2 aromatic heterocycles. The summed E-state index contributed by atoms with van der Waals surface area (Å²) in [5.41, 5.74) is 1.83. The Morgan fingerprint density at radius 3 is 2.64 bits per heavy atom. The van der Waals surface area contributed by atoms with Crippen molar-refractivity contribution in [2.75, 3.05) is 26.6 Å². The molecule has 8 heteroatoms. The highest BCUT2D eigenvalue weighted by Gasteiger charge is 2.33. The van der Waals surface area contributed by atoms with Gasteiger partial charge in [0.25, 0.3) is 0 Å². The summed E-state index contributed by atoms with van der Waals surface area (Å²) >= 11 is 1.66. The molecule has 0 unspecified atom stereocenters. The fourth-order valence-corrected chi connectivity index (χ4v) is 4.30. The molecule has 1 aliphatic rings. The normalized spacial score (nSPS) is 15.7. The van der Waals surface area contributed by atoms with E-state index in [1.54, 1.807) is 32.7 Å². The third-order valence-corrected chi connectivity index (χ3v) is 5.75. The number of ether oxygens (including phenoxy) is 3. The van der Waals surface area contributed by atoms with Crippen LogP contribution in [0.2, 0.25) is 0 Å². The number of hydrogen-bond donors (Lipinski definition) is 1. The van der Waals surface area contributed by atoms with Gasteiger partial charge in [-0.25, -0.2) is 4.68 Å². The van der Waals surface area contributed by atoms with E-state index in [0.29, 0.717) is 30.2 Å². The number of amides is 1. The Morgan fingerprint density at radius 2 is 1.96 bits per heavy atom. The maximum Gasteiger partial charge on any atom is 0.226 e. The molecule has 0 bridgehead atoms. The summed E-state index contributed by atoms with van der Waals surface area (Å²) in [5, 5.41) is 9.53. The topological polar surface area (TPSA) is 74.6 Å². The largest absolute Gasteiger partial charge is 0.493 e. The molecule has 0 fully saturated rings. The van der Waals surface area contributed by atoms with Crippen LogP contribution in [-0.2, 0) is 11.3 Å². The van der Waals surface area contributed by atoms with E-state index in [1.807, 2.05) is 34.5 Å². The average Bonchev–Trinajstić information content (AvgIpc) is 3.36. The predicted molar refractivity (Wildman–Crippen MR) is 107 cm³/mol. The molecule has 3 aromatic rings. The quantitative estimate of drug-likeness (QED) is 0.687. The van der Waals surface area contributed by atoms with Gasteiger partial charge < -0.3 is 19.5 Å². The number of fused-ring (bicyclic) bond motifs is 1. The van der Waals surface area contributed by atoms with Gasteiger partial charge in [0.2, 0.25) is 11.7 Å². The number of rotatable bonds is 6. The molecule has 0 aliphatic carbocycles. The van der Waals surface area contributed by atoms with Crippen molar-refractivity contribution >= 4 is 23.1 Å². The zero-order chi connectivity index (χ0) is 19.7. The average molecular weight is 399 g/mol. The van der Waals surface area contributed by atoms with Crippen LogP contribution >= 0.6 is 11.3 Å². The van der Waals surface area contributed by atoms with Crippen LogP contribution in [0.25, 0.3) is 0 Å². The number of anilines is 1. The van der Waals surface area contributed by atoms with Gasteiger partial charge in [0, 0.05) is 28.3 Å². The number of aromatic nitrogens is 2. The number of carbonyl (C=O) groups excluding carboxylic acids is 1. The summed E-state index contributed by atoms with van der Waals surface area (Å²) in [6.07, 6.45) is 2.13. The van der Waals surface area contributed by atoms with E-state index in [2.05, 4.69) is 16.5 Å². The van der Waals surface area contributed by atoms with Crippen molar-refractivity contribution in [3.05, 3.63) is 51.8 Å². The number of methoxy groups -OCH3 is 3. The van der Waals surface area contributed by atoms with E-state index >= 15 is 0 Å². The van der Waals surface area contributed by atoms with Crippen molar-refractivity contribution < 1.29 is 19.0 Å². The lowest BCUT2D eigenvalue weighted by atomic mass is 9.86. The monoisotopic (exact) mass is 399 g/mol. The molecular weight excluding hydrogens is 378 g/mol. The molecule has 1 aromatic carbocycles. The van der Waals surface area contributed by atoms with E-state index in [0.717, 1.165) is 16.9 Å². The first-order valence-corrected chi connectivity index (χ1v) is 9.71. The minimum Gasteiger partial charge on any atom is -0.493 e. The second-order valence-corrected chi connectivity index (χ2v) is 7.45. The second-order valence-electron chi connectivity index (χ2n) is 6.41. The summed E-state index contributed by atoms with van der Waals surface area (Å²) in [5.74, 6) is 2.15. The van der Waals surface area contributed by atoms with Gasteiger partial charge in [-0.15, -0.1) is 11.3 Å². The lowest BCUT2D eigenvalue weighted by molar-refractivity contribution is -0.116. The second kappa shape index (κ2) is 7.55. The van der Waals surface area contributed by atoms with Gasteiger partial charge in [-0.2, -0.15) is 5.10 Å². The number of benzene rings is 1. The van der Waals surface area contributed by atoms with Crippen molar-refractivity contribution in [3.8, 4) is 17.2 Å². The third kappa shape index (κ3) is 3.09. The van der Waals surface area contributed by atoms with Crippen LogP contribution in [0.4, 0.5) is 5.82 Å². The number of hydrogen-bond acceptors (Lipinski definition) is 6. The molecule has 0 saturated heterocycles. The van der Waals surface area contributed by atoms with E-state index in [9.17, 15) is 4.79 Å². The minimum atomic E-state index is -0.185. The maximum absolute atomic E-state index is 12.5. The van der Waals surface area contributed by atoms with Gasteiger partial charge in [0.1, 0.15) is 5.82 Å². The van der Waals surface area contributed by atoms with Gasteiger partial charge >= 0.3 is 0 Å². The number of carbonyl (C=O) groups is 1. The fraction of sp³-hybridized carbons (Fsp3) is 0.300. The molecule has 146 valence electrons. The molecule has 1 atom stereocenters. The van der Waals surface area contributed by atoms with Crippen LogP contribution < -0.4 is 19.5 Å². The summed E-state index contributed by atoms with van der Waals surface area (Å²) < 4.78 is 18.4. The molecule has 0 radical (unpaired) electrons. The van der Waals surface area contributed by atoms with Crippen molar-refractivity contribution in [2.45, 2.75) is 18.9 Å². The van der Waals surface area contributed by atoms with Gasteiger partial charge in [-0.3, -0.25) is 4.79 Å². The van der Waals surface area contributed by atoms with Crippen LogP contribution in [-0.4, -0.2) is 37.0 Å². The molecule has 3 heterocycles. The Balaban J connectivity index is 1.79. The van der Waals surface area contributed by atoms with Crippen molar-refractivity contribution in [2.24, 2.45) is 0 Å². The first kappa shape index (κ1) is 18.4. The first-order chi connectivity index (χ1) is 13.7. The highest BCUT2D eigenvalue weighted by molar-refractivity contribution is 7.09. The Hall–Kier alpha value is -3.00. The Labute approximate surface area is 166 Å². The number of nitrogens with one attached hydrogen (secondary N) is 1. The highest BCUT2D eigenvalue weighted by atomic mass is 32.1. The van der Waals surface area contributed by atoms with Crippen molar-refractivity contribution in [1.29, 1.82) is 0 Å². The molecule has 7 nitrogen and oxygen atoms in total. The van der Waals surface area contributed by atoms with E-state index in [4.69, 9.17) is 14.2 Å². The minimum absolute atomic E-state index is 0.0535. The maximum atomic E-state index is 12.5. The third-order valence-electron chi connectivity index (χ3n) is 4.89. The zero-order valence-electron chi connectivity index (χ0n) is 15.9. The van der Waals surface area contributed by atoms with Crippen molar-refractivity contribution in [1.82, 2.24) is 9.78 Å². The van der Waals surface area contributed by atoms with E-state index in [-0.39, 0.29) is 11.8 Å². The van der Waals surface area contributed by atoms with Crippen LogP contribution in [0.3, 0.4) is 0 Å². The van der Waals surface area contributed by atoms with Crippen LogP contribution in [0.5, 0.6) is 17.2 Å². The van der Waals surface area contributed by atoms with E-state index < -0.39 is 0 Å². The number of nitrogens with zero attached hydrogens (tertiary/aromatic N) is 2. The van der Waals surface area contributed by atoms with Crippen LogP contribution in [0.15, 0.2) is 35.8 Å². The Kier molecular flexibility index (Phi) is 4.95. The molecule has 28 heavy (non-hydrogen) atoms. The standard InChI is InChI=1S/C20H21N3O4S/c1-25-16-7-6-13(18(26-2)19(16)27-3)14-9-17(24)22-20-15(14)10-21-23(20)11-12-5-4-8-28-12/h4-8,10,14H,9,11H2,1-3H3,(H,22,24)/t14-/m1/s1. The summed E-state index contributed by atoms with van der Waals surface area (Å²) in [6, 6.07) is 7.81. The summed E-state index contributed by atoms with van der Waals surface area (Å²) in [4.78, 5) is 13.7. The number of thiophene rings is 1. The van der Waals surface area contributed by atoms with Crippen LogP contribution in [0.1, 0.15) is 28.3 Å². The van der Waals surface area contributed by atoms with Gasteiger partial charge in [-0.1, -0.05) is 12.1 Å². The predicted octanol–water partition coefficient (Wildman–Crippen LogP) is 3.49. The summed E-state index contributed by atoms with van der Waals surface area (Å²) in [7, 11) is 4.74. The fourth-order valence-electron chi connectivity index (χ4n) is 3.62. The highest BCUT2D eigenvalue weighted by Crippen LogP contribution is 2.47. The van der Waals surface area contributed by atoms with Crippen LogP contribution in [0, 0.1) is 0 Å². The van der Waals surface area contributed by atoms with Gasteiger partial charge in [0.15, 0.2) is 11.5 Å². The Bertz CT molecular complexity index is 997. The molecule has 4 rings (SSSR count). The van der Waals surface area contributed by atoms with Crippen molar-refractivity contribution in [3.63, 3.8) is 0 Å². The molecular formula is C20H21N3O4S. The molecule has 1 aliphatic heterocycles. The zero-order valence-corrected chi connectivity index (χ0v) is 16.7. The van der Waals surface area contributed by atoms with E-state index in [1.165, 1.54) is 4.88 Å². The first-order valence-electron chi connectivity index (χ1n) is 8.83. The SMILES string of the molecule is COc1ccc([C@H]2CC(=O)Nc3c2cnn3Cc2cccs2)c(OC)c1OC. The lowest BCUT2D eigenvalue weighted by Gasteiger charge is -2.26. The molecule has 0 saturated carbocycles. The molecule has 1 amide bonds. The molecule has 0 spiro atoms. The summed E-state index contributed by atoms with van der Waals surface area (Å²) in [6.45, 7) is 0.614. The van der Waals surface area contributed by atoms with Gasteiger partial charge in [0.05, 0.1) is 34.1 Å². The molecule has 1 N–H and O–H groups in total. The Morgan fingerprint density at radius 1 is 1.14 bits per heavy atom. The smallest absolute Gasteiger partial charge is 0.226 e.